The predicted octanol–water partition coefficient (Wildman–Crippen LogP) is 7.95. The van der Waals surface area contributed by atoms with E-state index in [1.165, 1.54) is 5.56 Å². The van der Waals surface area contributed by atoms with Gasteiger partial charge >= 0.3 is 0 Å². The zero-order valence-corrected chi connectivity index (χ0v) is 21.8. The van der Waals surface area contributed by atoms with E-state index in [9.17, 15) is 0 Å². The lowest BCUT2D eigenvalue weighted by Crippen LogP contribution is -2.11. The van der Waals surface area contributed by atoms with Gasteiger partial charge in [-0.25, -0.2) is 0 Å². The molecule has 2 N–H and O–H groups in total. The van der Waals surface area contributed by atoms with Gasteiger partial charge in [-0.15, -0.1) is 0 Å². The lowest BCUT2D eigenvalue weighted by molar-refractivity contribution is 0.242. The van der Waals surface area contributed by atoms with E-state index in [-0.39, 0.29) is 6.10 Å². The van der Waals surface area contributed by atoms with Gasteiger partial charge in [-0.05, 0) is 56.4 Å². The summed E-state index contributed by atoms with van der Waals surface area (Å²) >= 11 is 0. The van der Waals surface area contributed by atoms with Crippen LogP contribution in [0.2, 0.25) is 0 Å². The number of aliphatic hydroxyl groups is 1. The molecule has 2 aromatic carbocycles. The Hall–Kier alpha value is -3.47. The summed E-state index contributed by atoms with van der Waals surface area (Å²) in [4.78, 5) is 0. The van der Waals surface area contributed by atoms with E-state index in [0.717, 1.165) is 47.6 Å². The minimum Gasteiger partial charge on any atom is -0.513 e. The number of aryl methyl sites for hydroxylation is 1. The second-order valence-electron chi connectivity index (χ2n) is 8.77. The molecule has 0 spiro atoms. The highest BCUT2D eigenvalue weighted by molar-refractivity contribution is 5.65. The molecule has 0 saturated carbocycles. The third-order valence-corrected chi connectivity index (χ3v) is 5.72. The maximum absolute atomic E-state index is 8.82. The molecule has 0 radical (unpaired) electrons. The fourth-order valence-electron chi connectivity index (χ4n) is 3.48. The van der Waals surface area contributed by atoms with E-state index >= 15 is 0 Å². The van der Waals surface area contributed by atoms with Crippen LogP contribution in [0.25, 0.3) is 17.0 Å². The summed E-state index contributed by atoms with van der Waals surface area (Å²) in [6.45, 7) is 18.5. The topological polar surface area (TPSA) is 67.5 Å². The van der Waals surface area contributed by atoms with Crippen molar-refractivity contribution in [2.45, 2.75) is 66.5 Å². The van der Waals surface area contributed by atoms with Crippen LogP contribution in [-0.2, 0) is 13.0 Å². The molecule has 3 aromatic rings. The van der Waals surface area contributed by atoms with Crippen molar-refractivity contribution in [3.8, 4) is 17.1 Å². The molecule has 35 heavy (non-hydrogen) atoms. The molecule has 0 aliphatic carbocycles. The molecule has 0 aliphatic rings. The number of nitrogens with one attached hydrogen (secondary N) is 1. The van der Waals surface area contributed by atoms with Crippen LogP contribution < -0.4 is 10.1 Å². The Morgan fingerprint density at radius 2 is 1.57 bits per heavy atom. The monoisotopic (exact) mass is 476 g/mol. The van der Waals surface area contributed by atoms with Crippen molar-refractivity contribution in [1.29, 1.82) is 0 Å². The van der Waals surface area contributed by atoms with Gasteiger partial charge in [0, 0.05) is 24.1 Å². The molecule has 5 nitrogen and oxygen atoms in total. The number of aromatic nitrogens is 1. The zero-order chi connectivity index (χ0) is 25.8. The highest BCUT2D eigenvalue weighted by atomic mass is 16.5. The van der Waals surface area contributed by atoms with Crippen LogP contribution in [0.1, 0.15) is 64.3 Å². The summed E-state index contributed by atoms with van der Waals surface area (Å²) < 4.78 is 11.1. The Morgan fingerprint density at radius 3 is 2.06 bits per heavy atom. The molecule has 5 heteroatoms. The molecule has 0 aliphatic heterocycles. The van der Waals surface area contributed by atoms with Gasteiger partial charge in [-0.2, -0.15) is 0 Å². The summed E-state index contributed by atoms with van der Waals surface area (Å²) in [6.07, 6.45) is 3.18. The molecule has 0 amide bonds. The van der Waals surface area contributed by atoms with Crippen LogP contribution in [-0.4, -0.2) is 16.4 Å². The van der Waals surface area contributed by atoms with Gasteiger partial charge in [-0.1, -0.05) is 75.5 Å². The molecule has 1 heterocycles. The molecule has 0 fully saturated rings. The summed E-state index contributed by atoms with van der Waals surface area (Å²) in [7, 11) is 0. The third-order valence-electron chi connectivity index (χ3n) is 5.72. The first-order valence-electron chi connectivity index (χ1n) is 12.4. The molecule has 0 bridgehead atoms. The van der Waals surface area contributed by atoms with Crippen molar-refractivity contribution >= 4 is 5.70 Å². The van der Waals surface area contributed by atoms with Crippen molar-refractivity contribution in [1.82, 2.24) is 10.5 Å². The molecular weight excluding hydrogens is 436 g/mol. The highest BCUT2D eigenvalue weighted by Crippen LogP contribution is 2.23. The van der Waals surface area contributed by atoms with Crippen LogP contribution in [0.3, 0.4) is 0 Å². The Balaban J connectivity index is 0.000000466. The fraction of sp³-hybridized carbons (Fsp3) is 0.367. The molecule has 0 atom stereocenters. The predicted molar refractivity (Wildman–Crippen MR) is 145 cm³/mol. The third kappa shape index (κ3) is 9.01. The summed E-state index contributed by atoms with van der Waals surface area (Å²) in [6, 6.07) is 18.3. The quantitative estimate of drug-likeness (QED) is 0.275. The van der Waals surface area contributed by atoms with E-state index in [0.29, 0.717) is 23.9 Å². The normalized spacial score (nSPS) is 10.6. The number of rotatable bonds is 11. The van der Waals surface area contributed by atoms with Gasteiger partial charge in [0.1, 0.15) is 11.4 Å². The van der Waals surface area contributed by atoms with Gasteiger partial charge in [0.2, 0.25) is 0 Å². The number of ether oxygens (including phenoxy) is 1. The van der Waals surface area contributed by atoms with Crippen LogP contribution in [0.5, 0.6) is 5.75 Å². The Labute approximate surface area is 210 Å². The van der Waals surface area contributed by atoms with Crippen LogP contribution in [0.15, 0.2) is 78.0 Å². The largest absolute Gasteiger partial charge is 0.513 e. The Morgan fingerprint density at radius 1 is 0.971 bits per heavy atom. The van der Waals surface area contributed by atoms with Crippen LogP contribution in [0.4, 0.5) is 0 Å². The first kappa shape index (κ1) is 27.8. The van der Waals surface area contributed by atoms with Crippen molar-refractivity contribution < 1.29 is 14.4 Å². The maximum Gasteiger partial charge on any atom is 0.167 e. The lowest BCUT2D eigenvalue weighted by atomic mass is 10.0. The smallest absolute Gasteiger partial charge is 0.167 e. The summed E-state index contributed by atoms with van der Waals surface area (Å²) in [5.41, 5.74) is 4.90. The standard InChI is InChI=1S/C23H26N2O2.C7H14O/c1-5-18-6-10-20(11-7-18)23-14-22(25-27-23)17(4)24-15-19-8-12-21(13-9-19)26-16(2)3;1-4-7(5-2)6(3)8/h6-14,16,24H,4-5,15H2,1-3H3;7-8H,3-5H2,1-2H3. The SMILES string of the molecule is C=C(NCc1ccc(OC(C)C)cc1)c1cc(-c2ccc(CC)cc2)on1.C=C(O)C(CC)CC. The van der Waals surface area contributed by atoms with Gasteiger partial charge in [0.15, 0.2) is 5.76 Å². The number of hydrogen-bond donors (Lipinski definition) is 2. The van der Waals surface area contributed by atoms with Gasteiger partial charge in [-0.3, -0.25) is 0 Å². The minimum atomic E-state index is 0.174. The first-order chi connectivity index (χ1) is 16.8. The number of aliphatic hydroxyl groups excluding tert-OH is 1. The molecule has 3 rings (SSSR count). The van der Waals surface area contributed by atoms with Gasteiger partial charge in [0.05, 0.1) is 17.6 Å². The minimum absolute atomic E-state index is 0.174. The van der Waals surface area contributed by atoms with E-state index in [2.05, 4.69) is 68.7 Å². The Kier molecular flexibility index (Phi) is 11.1. The summed E-state index contributed by atoms with van der Waals surface area (Å²) in [5, 5.41) is 16.3. The van der Waals surface area contributed by atoms with Crippen molar-refractivity contribution in [3.63, 3.8) is 0 Å². The fourth-order valence-corrected chi connectivity index (χ4v) is 3.48. The van der Waals surface area contributed by atoms with Crippen molar-refractivity contribution in [2.24, 2.45) is 5.92 Å². The number of nitrogens with zero attached hydrogens (tertiary/aromatic N) is 1. The molecule has 1 aromatic heterocycles. The van der Waals surface area contributed by atoms with E-state index < -0.39 is 0 Å². The second-order valence-corrected chi connectivity index (χ2v) is 8.77. The zero-order valence-electron chi connectivity index (χ0n) is 21.8. The highest BCUT2D eigenvalue weighted by Gasteiger charge is 2.10. The lowest BCUT2D eigenvalue weighted by Gasteiger charge is -2.11. The Bertz CT molecular complexity index is 1050. The van der Waals surface area contributed by atoms with E-state index in [4.69, 9.17) is 14.4 Å². The van der Waals surface area contributed by atoms with Crippen molar-refractivity contribution in [3.05, 3.63) is 90.3 Å². The number of hydrogen-bond acceptors (Lipinski definition) is 5. The van der Waals surface area contributed by atoms with Gasteiger partial charge in [0.25, 0.3) is 0 Å². The first-order valence-corrected chi connectivity index (χ1v) is 12.4. The average Bonchev–Trinajstić information content (AvgIpc) is 3.35. The van der Waals surface area contributed by atoms with E-state index in [1.807, 2.05) is 44.2 Å². The summed E-state index contributed by atoms with van der Waals surface area (Å²) in [5.74, 6) is 2.26. The second kappa shape index (κ2) is 14.1. The van der Waals surface area contributed by atoms with Crippen LogP contribution in [0, 0.1) is 5.92 Å². The maximum atomic E-state index is 8.82. The van der Waals surface area contributed by atoms with Crippen LogP contribution >= 0.6 is 0 Å². The molecule has 0 unspecified atom stereocenters. The average molecular weight is 477 g/mol. The van der Waals surface area contributed by atoms with E-state index in [1.54, 1.807) is 0 Å². The number of allylic oxidation sites excluding steroid dienone is 1. The van der Waals surface area contributed by atoms with Gasteiger partial charge < -0.3 is 19.7 Å². The van der Waals surface area contributed by atoms with Crippen molar-refractivity contribution in [2.75, 3.05) is 0 Å². The molecule has 0 saturated heterocycles. The molecule has 188 valence electrons. The molecular formula is C30H40N2O3. The number of benzene rings is 2.